The van der Waals surface area contributed by atoms with Gasteiger partial charge in [-0.15, -0.1) is 0 Å². The van der Waals surface area contributed by atoms with Crippen LogP contribution in [0, 0.1) is 6.92 Å². The molecule has 162 valence electrons. The standard InChI is InChI=1S/C23H24Cl2N4O2/c1-17-2-7-20(25)22(14-17)31-16-29-9-8-21(26-29)23(30)28-12-10-27(11-13-28)15-18-3-5-19(24)6-4-18/h2-9,14H,10-13,15-16H2,1H3. The van der Waals surface area contributed by atoms with E-state index in [9.17, 15) is 4.79 Å². The normalized spacial score (nSPS) is 14.6. The first kappa shape index (κ1) is 21.7. The number of hydrogen-bond donors (Lipinski definition) is 0. The molecule has 8 heteroatoms. The van der Waals surface area contributed by atoms with Gasteiger partial charge in [0.25, 0.3) is 5.91 Å². The van der Waals surface area contributed by atoms with E-state index in [4.69, 9.17) is 27.9 Å². The van der Waals surface area contributed by atoms with E-state index < -0.39 is 0 Å². The average Bonchev–Trinajstić information content (AvgIpc) is 3.25. The van der Waals surface area contributed by atoms with Crippen molar-refractivity contribution in [1.82, 2.24) is 19.6 Å². The number of carbonyl (C=O) groups excluding carboxylic acids is 1. The minimum Gasteiger partial charge on any atom is -0.470 e. The summed E-state index contributed by atoms with van der Waals surface area (Å²) in [6, 6.07) is 15.2. The molecule has 0 atom stereocenters. The number of rotatable bonds is 6. The third-order valence-corrected chi connectivity index (χ3v) is 5.84. The van der Waals surface area contributed by atoms with Gasteiger partial charge in [0.1, 0.15) is 5.75 Å². The van der Waals surface area contributed by atoms with E-state index in [1.54, 1.807) is 23.0 Å². The highest BCUT2D eigenvalue weighted by Gasteiger charge is 2.23. The number of benzene rings is 2. The maximum atomic E-state index is 12.8. The third-order valence-electron chi connectivity index (χ3n) is 5.28. The Morgan fingerprint density at radius 1 is 1.03 bits per heavy atom. The second kappa shape index (κ2) is 9.73. The fourth-order valence-electron chi connectivity index (χ4n) is 3.52. The summed E-state index contributed by atoms with van der Waals surface area (Å²) in [5.74, 6) is 0.542. The lowest BCUT2D eigenvalue weighted by atomic mass is 10.2. The molecule has 1 aliphatic rings. The van der Waals surface area contributed by atoms with E-state index in [0.717, 1.165) is 30.2 Å². The van der Waals surface area contributed by atoms with E-state index >= 15 is 0 Å². The van der Waals surface area contributed by atoms with Crippen molar-refractivity contribution in [3.63, 3.8) is 0 Å². The summed E-state index contributed by atoms with van der Waals surface area (Å²) in [7, 11) is 0. The predicted octanol–water partition coefficient (Wildman–Crippen LogP) is 4.49. The molecule has 4 rings (SSSR count). The van der Waals surface area contributed by atoms with Crippen LogP contribution in [0.1, 0.15) is 21.6 Å². The number of ether oxygens (including phenoxy) is 1. The van der Waals surface area contributed by atoms with Crippen molar-refractivity contribution in [3.05, 3.63) is 81.6 Å². The van der Waals surface area contributed by atoms with E-state index in [1.807, 2.05) is 48.2 Å². The molecular weight excluding hydrogens is 435 g/mol. The van der Waals surface area contributed by atoms with Crippen LogP contribution >= 0.6 is 23.2 Å². The van der Waals surface area contributed by atoms with E-state index in [2.05, 4.69) is 10.00 Å². The maximum absolute atomic E-state index is 12.8. The van der Waals surface area contributed by atoms with Gasteiger partial charge in [0, 0.05) is 43.9 Å². The number of hydrogen-bond acceptors (Lipinski definition) is 4. The quantitative estimate of drug-likeness (QED) is 0.545. The van der Waals surface area contributed by atoms with Gasteiger partial charge < -0.3 is 9.64 Å². The summed E-state index contributed by atoms with van der Waals surface area (Å²) in [6.07, 6.45) is 1.74. The van der Waals surface area contributed by atoms with Gasteiger partial charge in [-0.2, -0.15) is 5.10 Å². The van der Waals surface area contributed by atoms with Gasteiger partial charge in [-0.05, 0) is 48.4 Å². The zero-order chi connectivity index (χ0) is 21.8. The Morgan fingerprint density at radius 2 is 1.77 bits per heavy atom. The van der Waals surface area contributed by atoms with Crippen molar-refractivity contribution < 1.29 is 9.53 Å². The van der Waals surface area contributed by atoms with Crippen molar-refractivity contribution in [3.8, 4) is 5.75 Å². The Hall–Kier alpha value is -2.54. The summed E-state index contributed by atoms with van der Waals surface area (Å²) in [5.41, 5.74) is 2.70. The average molecular weight is 459 g/mol. The highest BCUT2D eigenvalue weighted by atomic mass is 35.5. The SMILES string of the molecule is Cc1ccc(Cl)c(OCn2ccc(C(=O)N3CCN(Cc4ccc(Cl)cc4)CC3)n2)c1. The maximum Gasteiger partial charge on any atom is 0.274 e. The molecule has 6 nitrogen and oxygen atoms in total. The van der Waals surface area contributed by atoms with E-state index in [0.29, 0.717) is 29.6 Å². The van der Waals surface area contributed by atoms with Gasteiger partial charge in [-0.3, -0.25) is 9.69 Å². The summed E-state index contributed by atoms with van der Waals surface area (Å²) >= 11 is 12.1. The van der Waals surface area contributed by atoms with Gasteiger partial charge in [0.05, 0.1) is 5.02 Å². The first-order chi connectivity index (χ1) is 15.0. The Bertz CT molecular complexity index is 1040. The van der Waals surface area contributed by atoms with Crippen molar-refractivity contribution >= 4 is 29.1 Å². The molecule has 2 heterocycles. The Balaban J connectivity index is 1.29. The Morgan fingerprint density at radius 3 is 2.52 bits per heavy atom. The zero-order valence-corrected chi connectivity index (χ0v) is 18.8. The lowest BCUT2D eigenvalue weighted by Gasteiger charge is -2.34. The number of piperazine rings is 1. The van der Waals surface area contributed by atoms with Crippen LogP contribution in [0.5, 0.6) is 5.75 Å². The Kier molecular flexibility index (Phi) is 6.80. The molecule has 0 bridgehead atoms. The molecule has 1 saturated heterocycles. The lowest BCUT2D eigenvalue weighted by Crippen LogP contribution is -2.48. The van der Waals surface area contributed by atoms with Crippen LogP contribution in [0.15, 0.2) is 54.7 Å². The first-order valence-corrected chi connectivity index (χ1v) is 10.9. The molecule has 3 aromatic rings. The molecule has 0 spiro atoms. The second-order valence-electron chi connectivity index (χ2n) is 7.64. The molecule has 0 unspecified atom stereocenters. The van der Waals surface area contributed by atoms with Crippen molar-refractivity contribution in [2.45, 2.75) is 20.2 Å². The summed E-state index contributed by atoms with van der Waals surface area (Å²) in [6.45, 7) is 6.01. The minimum atomic E-state index is -0.0570. The van der Waals surface area contributed by atoms with Crippen LogP contribution in [0.25, 0.3) is 0 Å². The first-order valence-electron chi connectivity index (χ1n) is 10.2. The fraction of sp³-hybridized carbons (Fsp3) is 0.304. The number of nitrogens with zero attached hydrogens (tertiary/aromatic N) is 4. The molecule has 2 aromatic carbocycles. The molecule has 1 fully saturated rings. The van der Waals surface area contributed by atoms with Crippen molar-refractivity contribution in [2.24, 2.45) is 0 Å². The summed E-state index contributed by atoms with van der Waals surface area (Å²) in [4.78, 5) is 17.0. The zero-order valence-electron chi connectivity index (χ0n) is 17.3. The predicted molar refractivity (Wildman–Crippen MR) is 122 cm³/mol. The molecule has 0 N–H and O–H groups in total. The number of carbonyl (C=O) groups is 1. The number of amides is 1. The summed E-state index contributed by atoms with van der Waals surface area (Å²) < 4.78 is 7.35. The second-order valence-corrected chi connectivity index (χ2v) is 8.49. The molecule has 0 saturated carbocycles. The van der Waals surface area contributed by atoms with Crippen LogP contribution in [0.2, 0.25) is 10.0 Å². The van der Waals surface area contributed by atoms with Crippen LogP contribution in [-0.2, 0) is 13.3 Å². The monoisotopic (exact) mass is 458 g/mol. The molecule has 31 heavy (non-hydrogen) atoms. The lowest BCUT2D eigenvalue weighted by molar-refractivity contribution is 0.0621. The van der Waals surface area contributed by atoms with Crippen molar-refractivity contribution in [2.75, 3.05) is 26.2 Å². The third kappa shape index (κ3) is 5.58. The highest BCUT2D eigenvalue weighted by molar-refractivity contribution is 6.32. The van der Waals surface area contributed by atoms with Gasteiger partial charge in [-0.25, -0.2) is 4.68 Å². The fourth-order valence-corrected chi connectivity index (χ4v) is 3.82. The molecular formula is C23H24Cl2N4O2. The molecule has 1 aromatic heterocycles. The molecule has 0 radical (unpaired) electrons. The van der Waals surface area contributed by atoms with Gasteiger partial charge in [0.15, 0.2) is 12.4 Å². The van der Waals surface area contributed by atoms with E-state index in [-0.39, 0.29) is 12.6 Å². The molecule has 1 amide bonds. The van der Waals surface area contributed by atoms with Gasteiger partial charge in [0.2, 0.25) is 0 Å². The largest absolute Gasteiger partial charge is 0.470 e. The Labute approximate surface area is 191 Å². The molecule has 1 aliphatic heterocycles. The van der Waals surface area contributed by atoms with Crippen LogP contribution in [0.3, 0.4) is 0 Å². The smallest absolute Gasteiger partial charge is 0.274 e. The van der Waals surface area contributed by atoms with E-state index in [1.165, 1.54) is 5.56 Å². The highest BCUT2D eigenvalue weighted by Crippen LogP contribution is 2.25. The minimum absolute atomic E-state index is 0.0570. The topological polar surface area (TPSA) is 50.6 Å². The van der Waals surface area contributed by atoms with Crippen molar-refractivity contribution in [1.29, 1.82) is 0 Å². The number of halogens is 2. The molecule has 0 aliphatic carbocycles. The number of aryl methyl sites for hydroxylation is 1. The van der Waals surface area contributed by atoms with Crippen LogP contribution < -0.4 is 4.74 Å². The number of aromatic nitrogens is 2. The van der Waals surface area contributed by atoms with Crippen LogP contribution in [-0.4, -0.2) is 51.7 Å². The van der Waals surface area contributed by atoms with Crippen LogP contribution in [0.4, 0.5) is 0 Å². The van der Waals surface area contributed by atoms with Gasteiger partial charge >= 0.3 is 0 Å². The summed E-state index contributed by atoms with van der Waals surface area (Å²) in [5, 5.41) is 5.67. The van der Waals surface area contributed by atoms with Gasteiger partial charge in [-0.1, -0.05) is 41.4 Å².